The van der Waals surface area contributed by atoms with E-state index in [1.54, 1.807) is 0 Å². The smallest absolute Gasteiger partial charge is 0.220 e. The zero-order valence-corrected chi connectivity index (χ0v) is 8.74. The average Bonchev–Trinajstić information content (AvgIpc) is 2.69. The van der Waals surface area contributed by atoms with E-state index in [1.165, 1.54) is 31.4 Å². The number of hydrogen-bond acceptors (Lipinski definition) is 3. The Hall–Kier alpha value is -1.38. The van der Waals surface area contributed by atoms with Crippen molar-refractivity contribution in [2.45, 2.75) is 37.5 Å². The van der Waals surface area contributed by atoms with E-state index < -0.39 is 0 Å². The normalized spacial score (nSPS) is 21.9. The summed E-state index contributed by atoms with van der Waals surface area (Å²) in [6.45, 7) is 0. The Morgan fingerprint density at radius 2 is 2.07 bits per heavy atom. The summed E-state index contributed by atoms with van der Waals surface area (Å²) >= 11 is 0. The molecule has 0 saturated heterocycles. The number of allylic oxidation sites excluding steroid dienone is 1. The molecule has 0 aromatic carbocycles. The van der Waals surface area contributed by atoms with Gasteiger partial charge in [0.1, 0.15) is 0 Å². The SMILES string of the molecule is Nc1ncc2c(n1)C1(CC=C2)CCCC1. The monoisotopic (exact) mass is 201 g/mol. The van der Waals surface area contributed by atoms with Crippen LogP contribution in [0.1, 0.15) is 43.4 Å². The minimum Gasteiger partial charge on any atom is -0.368 e. The van der Waals surface area contributed by atoms with Gasteiger partial charge < -0.3 is 5.73 Å². The van der Waals surface area contributed by atoms with Crippen molar-refractivity contribution in [3.05, 3.63) is 23.5 Å². The molecule has 0 radical (unpaired) electrons. The lowest BCUT2D eigenvalue weighted by Gasteiger charge is -2.31. The lowest BCUT2D eigenvalue weighted by atomic mass is 9.75. The molecule has 15 heavy (non-hydrogen) atoms. The number of nitrogens with two attached hydrogens (primary N) is 1. The van der Waals surface area contributed by atoms with Crippen LogP contribution in [0.15, 0.2) is 12.3 Å². The fourth-order valence-electron chi connectivity index (χ4n) is 2.95. The third-order valence-electron chi connectivity index (χ3n) is 3.70. The molecular weight excluding hydrogens is 186 g/mol. The zero-order chi connectivity index (χ0) is 10.3. The molecule has 1 aromatic rings. The van der Waals surface area contributed by atoms with Crippen LogP contribution in [0.5, 0.6) is 0 Å². The molecule has 1 aromatic heterocycles. The Balaban J connectivity index is 2.16. The van der Waals surface area contributed by atoms with Crippen LogP contribution >= 0.6 is 0 Å². The minimum atomic E-state index is 0.279. The summed E-state index contributed by atoms with van der Waals surface area (Å²) in [5.74, 6) is 0.412. The van der Waals surface area contributed by atoms with Gasteiger partial charge in [0, 0.05) is 17.2 Å². The molecule has 78 valence electrons. The highest BCUT2D eigenvalue weighted by atomic mass is 15.0. The van der Waals surface area contributed by atoms with Crippen LogP contribution in [0, 0.1) is 0 Å². The average molecular weight is 201 g/mol. The lowest BCUT2D eigenvalue weighted by molar-refractivity contribution is 0.428. The van der Waals surface area contributed by atoms with Gasteiger partial charge in [-0.15, -0.1) is 0 Å². The van der Waals surface area contributed by atoms with Crippen molar-refractivity contribution in [2.75, 3.05) is 5.73 Å². The standard InChI is InChI=1S/C12H15N3/c13-11-14-8-9-4-3-7-12(10(9)15-11)5-1-2-6-12/h3-4,8H,1-2,5-7H2,(H2,13,14,15). The fourth-order valence-corrected chi connectivity index (χ4v) is 2.95. The van der Waals surface area contributed by atoms with Gasteiger partial charge in [0.2, 0.25) is 5.95 Å². The number of nitrogens with zero attached hydrogens (tertiary/aromatic N) is 2. The molecule has 1 fully saturated rings. The van der Waals surface area contributed by atoms with E-state index in [-0.39, 0.29) is 5.41 Å². The predicted octanol–water partition coefficient (Wildman–Crippen LogP) is 2.29. The van der Waals surface area contributed by atoms with Crippen molar-refractivity contribution in [1.29, 1.82) is 0 Å². The van der Waals surface area contributed by atoms with Crippen molar-refractivity contribution in [2.24, 2.45) is 0 Å². The second-order valence-electron chi connectivity index (χ2n) is 4.63. The second-order valence-corrected chi connectivity index (χ2v) is 4.63. The van der Waals surface area contributed by atoms with Crippen LogP contribution in [0.25, 0.3) is 6.08 Å². The summed E-state index contributed by atoms with van der Waals surface area (Å²) in [5.41, 5.74) is 8.32. The van der Waals surface area contributed by atoms with Gasteiger partial charge in [0.25, 0.3) is 0 Å². The fraction of sp³-hybridized carbons (Fsp3) is 0.500. The molecule has 2 aliphatic rings. The van der Waals surface area contributed by atoms with Crippen LogP contribution in [-0.4, -0.2) is 9.97 Å². The van der Waals surface area contributed by atoms with Gasteiger partial charge in [-0.25, -0.2) is 9.97 Å². The van der Waals surface area contributed by atoms with Gasteiger partial charge in [0.15, 0.2) is 0 Å². The largest absolute Gasteiger partial charge is 0.368 e. The summed E-state index contributed by atoms with van der Waals surface area (Å²) in [7, 11) is 0. The molecule has 1 saturated carbocycles. The summed E-state index contributed by atoms with van der Waals surface area (Å²) in [4.78, 5) is 8.53. The van der Waals surface area contributed by atoms with E-state index >= 15 is 0 Å². The number of hydrogen-bond donors (Lipinski definition) is 1. The minimum absolute atomic E-state index is 0.279. The van der Waals surface area contributed by atoms with Crippen molar-refractivity contribution in [1.82, 2.24) is 9.97 Å². The third-order valence-corrected chi connectivity index (χ3v) is 3.70. The predicted molar refractivity (Wildman–Crippen MR) is 60.2 cm³/mol. The summed E-state index contributed by atoms with van der Waals surface area (Å²) in [5, 5.41) is 0. The zero-order valence-electron chi connectivity index (χ0n) is 8.74. The van der Waals surface area contributed by atoms with Crippen molar-refractivity contribution >= 4 is 12.0 Å². The molecule has 3 rings (SSSR count). The molecule has 0 atom stereocenters. The quantitative estimate of drug-likeness (QED) is 0.700. The number of nitrogen functional groups attached to an aromatic ring is 1. The molecule has 3 nitrogen and oxygen atoms in total. The molecule has 0 unspecified atom stereocenters. The maximum atomic E-state index is 5.69. The van der Waals surface area contributed by atoms with E-state index in [2.05, 4.69) is 22.1 Å². The van der Waals surface area contributed by atoms with E-state index in [0.29, 0.717) is 5.95 Å². The van der Waals surface area contributed by atoms with Crippen LogP contribution in [-0.2, 0) is 5.41 Å². The molecule has 1 spiro atoms. The lowest BCUT2D eigenvalue weighted by Crippen LogP contribution is -2.26. The number of anilines is 1. The van der Waals surface area contributed by atoms with E-state index in [4.69, 9.17) is 5.73 Å². The first-order valence-corrected chi connectivity index (χ1v) is 5.60. The molecule has 2 N–H and O–H groups in total. The van der Waals surface area contributed by atoms with Gasteiger partial charge >= 0.3 is 0 Å². The first kappa shape index (κ1) is 8.89. The van der Waals surface area contributed by atoms with Gasteiger partial charge in [-0.05, 0) is 19.3 Å². The topological polar surface area (TPSA) is 51.8 Å². The molecule has 1 heterocycles. The van der Waals surface area contributed by atoms with Crippen LogP contribution in [0.4, 0.5) is 5.95 Å². The van der Waals surface area contributed by atoms with Crippen LogP contribution < -0.4 is 5.73 Å². The third kappa shape index (κ3) is 1.26. The summed E-state index contributed by atoms with van der Waals surface area (Å²) in [6.07, 6.45) is 12.5. The highest BCUT2D eigenvalue weighted by Crippen LogP contribution is 2.46. The van der Waals surface area contributed by atoms with Crippen molar-refractivity contribution in [3.63, 3.8) is 0 Å². The molecule has 3 heteroatoms. The number of aromatic nitrogens is 2. The summed E-state index contributed by atoms with van der Waals surface area (Å²) < 4.78 is 0. The van der Waals surface area contributed by atoms with Crippen molar-refractivity contribution < 1.29 is 0 Å². The van der Waals surface area contributed by atoms with E-state index in [0.717, 1.165) is 12.0 Å². The van der Waals surface area contributed by atoms with Gasteiger partial charge in [-0.2, -0.15) is 0 Å². The van der Waals surface area contributed by atoms with Crippen LogP contribution in [0.2, 0.25) is 0 Å². The molecule has 0 aliphatic heterocycles. The highest BCUT2D eigenvalue weighted by Gasteiger charge is 2.39. The van der Waals surface area contributed by atoms with Gasteiger partial charge in [0.05, 0.1) is 5.69 Å². The number of rotatable bonds is 0. The Morgan fingerprint density at radius 3 is 2.87 bits per heavy atom. The number of fused-ring (bicyclic) bond motifs is 2. The maximum absolute atomic E-state index is 5.69. The van der Waals surface area contributed by atoms with E-state index in [1.807, 2.05) is 6.20 Å². The Bertz CT molecular complexity index is 417. The summed E-state index contributed by atoms with van der Waals surface area (Å²) in [6, 6.07) is 0. The molecule has 2 aliphatic carbocycles. The maximum Gasteiger partial charge on any atom is 0.220 e. The Kier molecular flexibility index (Phi) is 1.81. The Labute approximate surface area is 89.4 Å². The molecule has 0 bridgehead atoms. The molecule has 0 amide bonds. The Morgan fingerprint density at radius 1 is 1.27 bits per heavy atom. The van der Waals surface area contributed by atoms with Crippen LogP contribution in [0.3, 0.4) is 0 Å². The van der Waals surface area contributed by atoms with Crippen molar-refractivity contribution in [3.8, 4) is 0 Å². The highest BCUT2D eigenvalue weighted by molar-refractivity contribution is 5.57. The van der Waals surface area contributed by atoms with Gasteiger partial charge in [-0.1, -0.05) is 25.0 Å². The van der Waals surface area contributed by atoms with Gasteiger partial charge in [-0.3, -0.25) is 0 Å². The first-order chi connectivity index (χ1) is 7.30. The first-order valence-electron chi connectivity index (χ1n) is 5.60. The van der Waals surface area contributed by atoms with E-state index in [9.17, 15) is 0 Å². The second kappa shape index (κ2) is 3.05. The molecular formula is C12H15N3.